The van der Waals surface area contributed by atoms with Gasteiger partial charge in [-0.05, 0) is 19.1 Å². The van der Waals surface area contributed by atoms with Gasteiger partial charge in [-0.1, -0.05) is 0 Å². The SMILES string of the molecule is CCn1cc(-c2csc(N)n2)c(=O)c2cc(F)c(N3CCOCC3)cc21. The number of morpholine rings is 1. The number of thiazole rings is 1. The number of anilines is 2. The molecule has 0 aliphatic carbocycles. The van der Waals surface area contributed by atoms with E-state index in [9.17, 15) is 9.18 Å². The topological polar surface area (TPSA) is 73.4 Å². The highest BCUT2D eigenvalue weighted by molar-refractivity contribution is 7.13. The molecule has 1 aromatic carbocycles. The lowest BCUT2D eigenvalue weighted by atomic mass is 10.1. The van der Waals surface area contributed by atoms with Gasteiger partial charge in [0, 0.05) is 36.6 Å². The number of nitrogen functional groups attached to an aromatic ring is 1. The molecular formula is C18H19FN4O2S. The molecule has 0 amide bonds. The smallest absolute Gasteiger partial charge is 0.198 e. The van der Waals surface area contributed by atoms with Gasteiger partial charge >= 0.3 is 0 Å². The van der Waals surface area contributed by atoms with Crippen LogP contribution in [0.15, 0.2) is 28.5 Å². The van der Waals surface area contributed by atoms with Gasteiger partial charge < -0.3 is 19.9 Å². The number of aromatic nitrogens is 2. The zero-order valence-corrected chi connectivity index (χ0v) is 15.2. The molecule has 3 aromatic rings. The summed E-state index contributed by atoms with van der Waals surface area (Å²) in [6.07, 6.45) is 1.78. The first-order chi connectivity index (χ1) is 12.6. The Morgan fingerprint density at radius 1 is 1.35 bits per heavy atom. The van der Waals surface area contributed by atoms with Crippen molar-refractivity contribution in [3.05, 3.63) is 39.8 Å². The van der Waals surface area contributed by atoms with Crippen molar-refractivity contribution in [1.29, 1.82) is 0 Å². The molecule has 1 aliphatic rings. The fourth-order valence-corrected chi connectivity index (χ4v) is 3.86. The number of aryl methyl sites for hydroxylation is 1. The number of nitrogens with two attached hydrogens (primary N) is 1. The third-order valence-corrected chi connectivity index (χ3v) is 5.31. The summed E-state index contributed by atoms with van der Waals surface area (Å²) in [7, 11) is 0. The Morgan fingerprint density at radius 2 is 2.12 bits per heavy atom. The lowest BCUT2D eigenvalue weighted by molar-refractivity contribution is 0.122. The van der Waals surface area contributed by atoms with E-state index in [-0.39, 0.29) is 5.43 Å². The summed E-state index contributed by atoms with van der Waals surface area (Å²) < 4.78 is 22.1. The molecule has 1 fully saturated rings. The summed E-state index contributed by atoms with van der Waals surface area (Å²) in [5.74, 6) is -0.394. The standard InChI is InChI=1S/C18H19FN4O2S/c1-2-22-9-12(14-10-26-18(20)21-14)17(24)11-7-13(19)16(8-15(11)22)23-3-5-25-6-4-23/h7-10H,2-6H2,1H3,(H2,20,21). The van der Waals surface area contributed by atoms with E-state index in [2.05, 4.69) is 4.98 Å². The number of nitrogens with zero attached hydrogens (tertiary/aromatic N) is 3. The van der Waals surface area contributed by atoms with Crippen molar-refractivity contribution in [1.82, 2.24) is 9.55 Å². The quantitative estimate of drug-likeness (QED) is 0.763. The van der Waals surface area contributed by atoms with Gasteiger partial charge in [0.15, 0.2) is 10.6 Å². The van der Waals surface area contributed by atoms with Crippen LogP contribution >= 0.6 is 11.3 Å². The number of pyridine rings is 1. The van der Waals surface area contributed by atoms with E-state index < -0.39 is 5.82 Å². The summed E-state index contributed by atoms with van der Waals surface area (Å²) >= 11 is 1.28. The molecule has 0 unspecified atom stereocenters. The Bertz CT molecular complexity index is 1020. The summed E-state index contributed by atoms with van der Waals surface area (Å²) in [6, 6.07) is 3.11. The Morgan fingerprint density at radius 3 is 2.77 bits per heavy atom. The Labute approximate surface area is 153 Å². The normalized spacial score (nSPS) is 14.9. The van der Waals surface area contributed by atoms with Crippen molar-refractivity contribution in [3.63, 3.8) is 0 Å². The van der Waals surface area contributed by atoms with E-state index in [1.54, 1.807) is 17.6 Å². The molecule has 6 nitrogen and oxygen atoms in total. The minimum absolute atomic E-state index is 0.234. The lowest BCUT2D eigenvalue weighted by Crippen LogP contribution is -2.36. The molecule has 2 aromatic heterocycles. The second-order valence-corrected chi connectivity index (χ2v) is 7.04. The van der Waals surface area contributed by atoms with Gasteiger partial charge in [0.1, 0.15) is 5.82 Å². The van der Waals surface area contributed by atoms with E-state index in [1.165, 1.54) is 17.4 Å². The van der Waals surface area contributed by atoms with Crippen LogP contribution in [-0.4, -0.2) is 35.9 Å². The van der Waals surface area contributed by atoms with Crippen molar-refractivity contribution in [2.75, 3.05) is 36.9 Å². The van der Waals surface area contributed by atoms with Crippen LogP contribution in [0.1, 0.15) is 6.92 Å². The minimum Gasteiger partial charge on any atom is -0.378 e. The molecule has 2 N–H and O–H groups in total. The summed E-state index contributed by atoms with van der Waals surface area (Å²) in [4.78, 5) is 19.1. The van der Waals surface area contributed by atoms with Gasteiger partial charge in [-0.15, -0.1) is 11.3 Å². The number of fused-ring (bicyclic) bond motifs is 1. The average Bonchev–Trinajstić information content (AvgIpc) is 3.09. The van der Waals surface area contributed by atoms with Crippen molar-refractivity contribution >= 4 is 33.1 Å². The van der Waals surface area contributed by atoms with Crippen LogP contribution in [0.4, 0.5) is 15.2 Å². The number of hydrogen-bond donors (Lipinski definition) is 1. The monoisotopic (exact) mass is 374 g/mol. The fourth-order valence-electron chi connectivity index (χ4n) is 3.30. The molecule has 3 heterocycles. The maximum absolute atomic E-state index is 14.8. The second kappa shape index (κ2) is 6.69. The summed E-state index contributed by atoms with van der Waals surface area (Å²) in [5, 5.41) is 2.50. The fraction of sp³-hybridized carbons (Fsp3) is 0.333. The van der Waals surface area contributed by atoms with Crippen molar-refractivity contribution in [2.24, 2.45) is 0 Å². The summed E-state index contributed by atoms with van der Waals surface area (Å²) in [5.41, 5.74) is 7.65. The highest BCUT2D eigenvalue weighted by Gasteiger charge is 2.19. The third-order valence-electron chi connectivity index (χ3n) is 4.64. The first-order valence-electron chi connectivity index (χ1n) is 8.49. The molecule has 4 rings (SSSR count). The van der Waals surface area contributed by atoms with Crippen molar-refractivity contribution in [3.8, 4) is 11.3 Å². The van der Waals surface area contributed by atoms with Crippen LogP contribution in [0.5, 0.6) is 0 Å². The summed E-state index contributed by atoms with van der Waals surface area (Å²) in [6.45, 7) is 5.05. The average molecular weight is 374 g/mol. The van der Waals surface area contributed by atoms with E-state index in [4.69, 9.17) is 10.5 Å². The highest BCUT2D eigenvalue weighted by Crippen LogP contribution is 2.28. The third kappa shape index (κ3) is 2.85. The van der Waals surface area contributed by atoms with E-state index in [0.717, 1.165) is 0 Å². The number of benzene rings is 1. The molecule has 8 heteroatoms. The van der Waals surface area contributed by atoms with Crippen LogP contribution in [-0.2, 0) is 11.3 Å². The molecule has 0 spiro atoms. The first-order valence-corrected chi connectivity index (χ1v) is 9.37. The maximum atomic E-state index is 14.8. The van der Waals surface area contributed by atoms with Crippen molar-refractivity contribution in [2.45, 2.75) is 13.5 Å². The second-order valence-electron chi connectivity index (χ2n) is 6.15. The van der Waals surface area contributed by atoms with Crippen LogP contribution in [0.3, 0.4) is 0 Å². The highest BCUT2D eigenvalue weighted by atomic mass is 32.1. The van der Waals surface area contributed by atoms with Crippen LogP contribution in [0.25, 0.3) is 22.2 Å². The van der Waals surface area contributed by atoms with Gasteiger partial charge in [0.25, 0.3) is 0 Å². The van der Waals surface area contributed by atoms with E-state index >= 15 is 0 Å². The molecule has 0 atom stereocenters. The zero-order chi connectivity index (χ0) is 18.3. The zero-order valence-electron chi connectivity index (χ0n) is 14.4. The molecular weight excluding hydrogens is 355 g/mol. The van der Waals surface area contributed by atoms with Crippen molar-refractivity contribution < 1.29 is 9.13 Å². The molecule has 136 valence electrons. The number of halogens is 1. The number of ether oxygens (including phenoxy) is 1. The van der Waals surface area contributed by atoms with Crippen LogP contribution in [0, 0.1) is 5.82 Å². The number of hydrogen-bond acceptors (Lipinski definition) is 6. The minimum atomic E-state index is -0.394. The Hall–Kier alpha value is -2.45. The maximum Gasteiger partial charge on any atom is 0.198 e. The van der Waals surface area contributed by atoms with E-state index in [0.29, 0.717) is 65.8 Å². The Kier molecular flexibility index (Phi) is 4.37. The largest absolute Gasteiger partial charge is 0.378 e. The predicted octanol–water partition coefficient (Wildman–Crippen LogP) is 2.70. The molecule has 1 aliphatic heterocycles. The lowest BCUT2D eigenvalue weighted by Gasteiger charge is -2.29. The van der Waals surface area contributed by atoms with Gasteiger partial charge in [0.2, 0.25) is 0 Å². The van der Waals surface area contributed by atoms with E-state index in [1.807, 2.05) is 16.4 Å². The van der Waals surface area contributed by atoms with Gasteiger partial charge in [-0.2, -0.15) is 0 Å². The predicted molar refractivity (Wildman–Crippen MR) is 102 cm³/mol. The van der Waals surface area contributed by atoms with Gasteiger partial charge in [-0.3, -0.25) is 4.79 Å². The molecule has 0 radical (unpaired) electrons. The number of rotatable bonds is 3. The van der Waals surface area contributed by atoms with Crippen LogP contribution in [0.2, 0.25) is 0 Å². The van der Waals surface area contributed by atoms with Gasteiger partial charge in [0.05, 0.1) is 35.7 Å². The molecule has 0 bridgehead atoms. The first kappa shape index (κ1) is 17.0. The van der Waals surface area contributed by atoms with Crippen LogP contribution < -0.4 is 16.1 Å². The molecule has 26 heavy (non-hydrogen) atoms. The molecule has 0 saturated carbocycles. The molecule has 1 saturated heterocycles. The van der Waals surface area contributed by atoms with Gasteiger partial charge in [-0.25, -0.2) is 9.37 Å². The Balaban J connectivity index is 1.92.